The SMILES string of the molecule is CC(Cc1ccc(O)c(Cl)c1)NCC(O)c1cccc(C(F)(F)F)c1. The molecular weight excluding hydrogens is 355 g/mol. The minimum absolute atomic E-state index is 0.00555. The number of aromatic hydroxyl groups is 1. The molecule has 0 amide bonds. The van der Waals surface area contributed by atoms with Gasteiger partial charge in [0.1, 0.15) is 5.75 Å². The van der Waals surface area contributed by atoms with Crippen molar-refractivity contribution in [1.82, 2.24) is 5.32 Å². The molecule has 0 saturated carbocycles. The van der Waals surface area contributed by atoms with Gasteiger partial charge >= 0.3 is 6.18 Å². The Balaban J connectivity index is 1.92. The summed E-state index contributed by atoms with van der Waals surface area (Å²) in [4.78, 5) is 0. The normalized spacial score (nSPS) is 14.3. The summed E-state index contributed by atoms with van der Waals surface area (Å²) < 4.78 is 38.2. The summed E-state index contributed by atoms with van der Waals surface area (Å²) in [6.45, 7) is 2.01. The van der Waals surface area contributed by atoms with E-state index in [-0.39, 0.29) is 28.9 Å². The molecule has 0 saturated heterocycles. The Morgan fingerprint density at radius 2 is 1.88 bits per heavy atom. The topological polar surface area (TPSA) is 52.5 Å². The summed E-state index contributed by atoms with van der Waals surface area (Å²) in [5, 5.41) is 22.9. The van der Waals surface area contributed by atoms with Gasteiger partial charge in [-0.2, -0.15) is 13.2 Å². The third-order valence-corrected chi connectivity index (χ3v) is 4.12. The molecule has 7 heteroatoms. The predicted molar refractivity (Wildman–Crippen MR) is 90.7 cm³/mol. The van der Waals surface area contributed by atoms with Crippen molar-refractivity contribution in [1.29, 1.82) is 0 Å². The Kier molecular flexibility index (Phi) is 6.32. The Morgan fingerprint density at radius 3 is 2.52 bits per heavy atom. The average Bonchev–Trinajstić information content (AvgIpc) is 2.55. The average molecular weight is 374 g/mol. The summed E-state index contributed by atoms with van der Waals surface area (Å²) >= 11 is 5.85. The number of alkyl halides is 3. The quantitative estimate of drug-likeness (QED) is 0.707. The third-order valence-electron chi connectivity index (χ3n) is 3.81. The maximum atomic E-state index is 12.7. The van der Waals surface area contributed by atoms with Crippen molar-refractivity contribution in [2.75, 3.05) is 6.54 Å². The number of benzene rings is 2. The summed E-state index contributed by atoms with van der Waals surface area (Å²) in [5.74, 6) is 0.00555. The predicted octanol–water partition coefficient (Wildman–Crippen LogP) is 4.32. The van der Waals surface area contributed by atoms with E-state index in [1.54, 1.807) is 12.1 Å². The largest absolute Gasteiger partial charge is 0.506 e. The van der Waals surface area contributed by atoms with E-state index in [4.69, 9.17) is 11.6 Å². The second-order valence-electron chi connectivity index (χ2n) is 5.94. The van der Waals surface area contributed by atoms with Gasteiger partial charge < -0.3 is 15.5 Å². The van der Waals surface area contributed by atoms with Gasteiger partial charge in [0.15, 0.2) is 0 Å². The Morgan fingerprint density at radius 1 is 1.16 bits per heavy atom. The van der Waals surface area contributed by atoms with E-state index in [0.29, 0.717) is 6.42 Å². The number of aliphatic hydroxyl groups is 1. The number of phenols is 1. The van der Waals surface area contributed by atoms with Crippen LogP contribution in [-0.2, 0) is 12.6 Å². The summed E-state index contributed by atoms with van der Waals surface area (Å²) in [5.41, 5.74) is 0.328. The number of halogens is 4. The lowest BCUT2D eigenvalue weighted by Crippen LogP contribution is -2.32. The van der Waals surface area contributed by atoms with E-state index >= 15 is 0 Å². The highest BCUT2D eigenvalue weighted by Gasteiger charge is 2.30. The molecule has 136 valence electrons. The molecule has 2 atom stereocenters. The molecule has 2 aromatic rings. The van der Waals surface area contributed by atoms with Crippen LogP contribution < -0.4 is 5.32 Å². The second kappa shape index (κ2) is 8.08. The zero-order chi connectivity index (χ0) is 18.6. The van der Waals surface area contributed by atoms with Crippen LogP contribution in [-0.4, -0.2) is 22.8 Å². The Bertz CT molecular complexity index is 722. The Labute approximate surface area is 149 Å². The molecule has 0 aromatic heterocycles. The highest BCUT2D eigenvalue weighted by Crippen LogP contribution is 2.30. The lowest BCUT2D eigenvalue weighted by Gasteiger charge is -2.18. The molecule has 0 aliphatic rings. The lowest BCUT2D eigenvalue weighted by atomic mass is 10.0. The van der Waals surface area contributed by atoms with E-state index < -0.39 is 17.8 Å². The van der Waals surface area contributed by atoms with Crippen molar-refractivity contribution in [3.63, 3.8) is 0 Å². The Hall–Kier alpha value is -1.76. The number of aliphatic hydroxyl groups excluding tert-OH is 1. The zero-order valence-corrected chi connectivity index (χ0v) is 14.3. The number of hydrogen-bond donors (Lipinski definition) is 3. The van der Waals surface area contributed by atoms with Crippen LogP contribution in [0.5, 0.6) is 5.75 Å². The van der Waals surface area contributed by atoms with Crippen molar-refractivity contribution in [2.45, 2.75) is 31.7 Å². The fourth-order valence-corrected chi connectivity index (χ4v) is 2.66. The number of hydrogen-bond acceptors (Lipinski definition) is 3. The van der Waals surface area contributed by atoms with Crippen LogP contribution >= 0.6 is 11.6 Å². The molecule has 3 nitrogen and oxygen atoms in total. The molecule has 3 N–H and O–H groups in total. The zero-order valence-electron chi connectivity index (χ0n) is 13.5. The van der Waals surface area contributed by atoms with Gasteiger partial charge in [0.2, 0.25) is 0 Å². The fourth-order valence-electron chi connectivity index (χ4n) is 2.46. The van der Waals surface area contributed by atoms with Gasteiger partial charge in [-0.3, -0.25) is 0 Å². The first kappa shape index (κ1) is 19.6. The first-order valence-electron chi connectivity index (χ1n) is 7.73. The maximum absolute atomic E-state index is 12.7. The van der Waals surface area contributed by atoms with Gasteiger partial charge in [0.05, 0.1) is 16.7 Å². The molecule has 2 aromatic carbocycles. The van der Waals surface area contributed by atoms with Gasteiger partial charge in [0.25, 0.3) is 0 Å². The maximum Gasteiger partial charge on any atom is 0.416 e. The standard InChI is InChI=1S/C18H19ClF3NO2/c1-11(7-12-5-6-16(24)15(19)8-12)23-10-17(25)13-3-2-4-14(9-13)18(20,21)22/h2-6,8-9,11,17,23-25H,7,10H2,1H3. The number of phenolic OH excluding ortho intramolecular Hbond substituents is 1. The lowest BCUT2D eigenvalue weighted by molar-refractivity contribution is -0.137. The molecule has 0 fully saturated rings. The van der Waals surface area contributed by atoms with Crippen LogP contribution in [0.1, 0.15) is 29.7 Å². The summed E-state index contributed by atoms with van der Waals surface area (Å²) in [6, 6.07) is 9.52. The first-order valence-corrected chi connectivity index (χ1v) is 8.10. The van der Waals surface area contributed by atoms with Crippen LogP contribution in [0.25, 0.3) is 0 Å². The fraction of sp³-hybridized carbons (Fsp3) is 0.333. The van der Waals surface area contributed by atoms with Crippen molar-refractivity contribution >= 4 is 11.6 Å². The van der Waals surface area contributed by atoms with Gasteiger partial charge in [-0.1, -0.05) is 29.8 Å². The van der Waals surface area contributed by atoms with Crippen LogP contribution in [0.2, 0.25) is 5.02 Å². The summed E-state index contributed by atoms with van der Waals surface area (Å²) in [7, 11) is 0. The highest BCUT2D eigenvalue weighted by atomic mass is 35.5. The molecular formula is C18H19ClF3NO2. The van der Waals surface area contributed by atoms with Gasteiger partial charge in [-0.15, -0.1) is 0 Å². The van der Waals surface area contributed by atoms with E-state index in [0.717, 1.165) is 17.7 Å². The van der Waals surface area contributed by atoms with Crippen LogP contribution in [0.15, 0.2) is 42.5 Å². The van der Waals surface area contributed by atoms with Crippen LogP contribution in [0.4, 0.5) is 13.2 Å². The number of rotatable bonds is 6. The van der Waals surface area contributed by atoms with Crippen LogP contribution in [0.3, 0.4) is 0 Å². The van der Waals surface area contributed by atoms with E-state index in [9.17, 15) is 23.4 Å². The molecule has 25 heavy (non-hydrogen) atoms. The molecule has 0 heterocycles. The molecule has 0 radical (unpaired) electrons. The second-order valence-corrected chi connectivity index (χ2v) is 6.35. The van der Waals surface area contributed by atoms with E-state index in [1.165, 1.54) is 18.2 Å². The van der Waals surface area contributed by atoms with Crippen molar-refractivity contribution in [3.05, 3.63) is 64.2 Å². The molecule has 0 bridgehead atoms. The smallest absolute Gasteiger partial charge is 0.416 e. The van der Waals surface area contributed by atoms with Crippen molar-refractivity contribution in [3.8, 4) is 5.75 Å². The molecule has 0 aliphatic heterocycles. The minimum Gasteiger partial charge on any atom is -0.506 e. The van der Waals surface area contributed by atoms with Gasteiger partial charge in [0, 0.05) is 12.6 Å². The minimum atomic E-state index is -4.44. The number of nitrogens with one attached hydrogen (secondary N) is 1. The van der Waals surface area contributed by atoms with Crippen LogP contribution in [0, 0.1) is 0 Å². The van der Waals surface area contributed by atoms with Crippen molar-refractivity contribution < 1.29 is 23.4 Å². The monoisotopic (exact) mass is 373 g/mol. The molecule has 2 rings (SSSR count). The van der Waals surface area contributed by atoms with Gasteiger partial charge in [-0.25, -0.2) is 0 Å². The first-order chi connectivity index (χ1) is 11.7. The third kappa shape index (κ3) is 5.63. The van der Waals surface area contributed by atoms with E-state index in [1.807, 2.05) is 6.92 Å². The van der Waals surface area contributed by atoms with Gasteiger partial charge in [-0.05, 0) is 48.7 Å². The van der Waals surface area contributed by atoms with Crippen molar-refractivity contribution in [2.24, 2.45) is 0 Å². The molecule has 0 spiro atoms. The summed E-state index contributed by atoms with van der Waals surface area (Å²) in [6.07, 6.45) is -4.89. The van der Waals surface area contributed by atoms with E-state index in [2.05, 4.69) is 5.32 Å². The molecule has 0 aliphatic carbocycles. The molecule has 2 unspecified atom stereocenters. The highest BCUT2D eigenvalue weighted by molar-refractivity contribution is 6.32.